The molecule has 1 aromatic heterocycles. The first-order valence-electron chi connectivity index (χ1n) is 12.4. The maximum Gasteiger partial charge on any atom is 0.231 e. The fraction of sp³-hybridized carbons (Fsp3) is 0.500. The van der Waals surface area contributed by atoms with Crippen molar-refractivity contribution in [2.24, 2.45) is 11.3 Å². The summed E-state index contributed by atoms with van der Waals surface area (Å²) < 4.78 is 7.89. The van der Waals surface area contributed by atoms with E-state index in [0.717, 1.165) is 37.5 Å². The van der Waals surface area contributed by atoms with Gasteiger partial charge >= 0.3 is 0 Å². The molecule has 1 saturated heterocycles. The van der Waals surface area contributed by atoms with Gasteiger partial charge in [-0.3, -0.25) is 9.59 Å². The van der Waals surface area contributed by atoms with Crippen molar-refractivity contribution in [1.29, 1.82) is 0 Å². The Balaban J connectivity index is 1.72. The van der Waals surface area contributed by atoms with E-state index in [1.807, 2.05) is 17.0 Å². The summed E-state index contributed by atoms with van der Waals surface area (Å²) in [6.07, 6.45) is 9.50. The monoisotopic (exact) mass is 446 g/mol. The number of carbonyl (C=O) groups excluding carboxylic acids is 2. The molecule has 2 aliphatic heterocycles. The van der Waals surface area contributed by atoms with E-state index in [1.54, 1.807) is 0 Å². The van der Waals surface area contributed by atoms with E-state index in [0.29, 0.717) is 38.4 Å². The van der Waals surface area contributed by atoms with Gasteiger partial charge in [-0.25, -0.2) is 0 Å². The fourth-order valence-electron chi connectivity index (χ4n) is 6.13. The number of nitrogens with zero attached hydrogens (tertiary/aromatic N) is 2. The number of rotatable bonds is 5. The summed E-state index contributed by atoms with van der Waals surface area (Å²) >= 11 is 0. The molecule has 5 rings (SSSR count). The number of ether oxygens (including phenoxy) is 1. The number of aryl methyl sites for hydroxylation is 1. The lowest BCUT2D eigenvalue weighted by molar-refractivity contribution is -0.142. The van der Waals surface area contributed by atoms with Crippen LogP contribution in [-0.2, 0) is 22.5 Å². The maximum atomic E-state index is 13.9. The van der Waals surface area contributed by atoms with Crippen LogP contribution in [-0.4, -0.2) is 48.0 Å². The van der Waals surface area contributed by atoms with Crippen LogP contribution < -0.4 is 0 Å². The molecule has 3 heterocycles. The first-order chi connectivity index (χ1) is 16.1. The lowest BCUT2D eigenvalue weighted by Crippen LogP contribution is -2.46. The lowest BCUT2D eigenvalue weighted by Gasteiger charge is -2.31. The molecule has 2 aromatic rings. The topological polar surface area (TPSA) is 51.5 Å². The fourth-order valence-corrected chi connectivity index (χ4v) is 6.13. The minimum Gasteiger partial charge on any atom is -0.378 e. The second-order valence-corrected chi connectivity index (χ2v) is 9.68. The minimum atomic E-state index is -0.413. The summed E-state index contributed by atoms with van der Waals surface area (Å²) in [5.74, 6) is 0.509. The third-order valence-electron chi connectivity index (χ3n) is 7.89. The zero-order chi connectivity index (χ0) is 23.2. The zero-order valence-electron chi connectivity index (χ0n) is 20.0. The molecule has 0 N–H and O–H groups in total. The molecule has 1 saturated carbocycles. The number of morpholine rings is 1. The molecule has 33 heavy (non-hydrogen) atoms. The summed E-state index contributed by atoms with van der Waals surface area (Å²) in [6, 6.07) is 6.04. The quantitative estimate of drug-likeness (QED) is 0.606. The first kappa shape index (κ1) is 22.1. The van der Waals surface area contributed by atoms with E-state index in [1.165, 1.54) is 27.8 Å². The van der Waals surface area contributed by atoms with Gasteiger partial charge in [-0.2, -0.15) is 0 Å². The lowest BCUT2D eigenvalue weighted by atomic mass is 9.90. The van der Waals surface area contributed by atoms with Crippen LogP contribution in [0.2, 0.25) is 0 Å². The Hall–Kier alpha value is -2.66. The maximum absolute atomic E-state index is 13.9. The number of allylic oxidation sites excluding steroid dienone is 4. The Morgan fingerprint density at radius 1 is 1.21 bits per heavy atom. The molecule has 0 bridgehead atoms. The third kappa shape index (κ3) is 3.40. The van der Waals surface area contributed by atoms with Gasteiger partial charge in [0.25, 0.3) is 0 Å². The largest absolute Gasteiger partial charge is 0.378 e. The van der Waals surface area contributed by atoms with Gasteiger partial charge in [0.15, 0.2) is 0 Å². The van der Waals surface area contributed by atoms with Gasteiger partial charge in [0.05, 0.1) is 24.3 Å². The zero-order valence-corrected chi connectivity index (χ0v) is 20.0. The van der Waals surface area contributed by atoms with Crippen LogP contribution in [0, 0.1) is 11.3 Å². The van der Waals surface area contributed by atoms with Gasteiger partial charge in [0, 0.05) is 42.0 Å². The Morgan fingerprint density at radius 3 is 2.67 bits per heavy atom. The Labute approximate surface area is 196 Å². The molecule has 5 heteroatoms. The van der Waals surface area contributed by atoms with E-state index in [-0.39, 0.29) is 11.8 Å². The van der Waals surface area contributed by atoms with Crippen LogP contribution in [0.4, 0.5) is 0 Å². The highest BCUT2D eigenvalue weighted by Crippen LogP contribution is 2.63. The molecule has 2 fully saturated rings. The number of hydrogen-bond donors (Lipinski definition) is 0. The number of amides is 1. The van der Waals surface area contributed by atoms with Gasteiger partial charge < -0.3 is 14.2 Å². The van der Waals surface area contributed by atoms with Gasteiger partial charge in [-0.05, 0) is 55.9 Å². The van der Waals surface area contributed by atoms with Crippen molar-refractivity contribution in [3.8, 4) is 0 Å². The Morgan fingerprint density at radius 2 is 2.00 bits per heavy atom. The van der Waals surface area contributed by atoms with Gasteiger partial charge in [0.2, 0.25) is 5.91 Å². The van der Waals surface area contributed by atoms with Crippen molar-refractivity contribution in [2.75, 3.05) is 26.3 Å². The van der Waals surface area contributed by atoms with E-state index >= 15 is 0 Å². The van der Waals surface area contributed by atoms with Crippen molar-refractivity contribution < 1.29 is 14.3 Å². The van der Waals surface area contributed by atoms with E-state index in [9.17, 15) is 9.59 Å². The molecular formula is C28H34N2O3. The van der Waals surface area contributed by atoms with E-state index in [2.05, 4.69) is 43.6 Å². The summed E-state index contributed by atoms with van der Waals surface area (Å²) in [6.45, 7) is 9.69. The number of unbranched alkanes of at least 4 members (excludes halogenated alkanes) is 1. The number of benzene rings is 1. The second kappa shape index (κ2) is 8.60. The van der Waals surface area contributed by atoms with Crippen LogP contribution in [0.25, 0.3) is 16.5 Å². The average Bonchev–Trinajstić information content (AvgIpc) is 3.52. The Kier molecular flexibility index (Phi) is 5.77. The summed E-state index contributed by atoms with van der Waals surface area (Å²) in [7, 11) is 0. The second-order valence-electron chi connectivity index (χ2n) is 9.68. The van der Waals surface area contributed by atoms with Crippen molar-refractivity contribution in [2.45, 2.75) is 53.0 Å². The van der Waals surface area contributed by atoms with E-state index < -0.39 is 5.41 Å². The highest BCUT2D eigenvalue weighted by Gasteiger charge is 2.64. The number of fused-ring (bicyclic) bond motifs is 4. The third-order valence-corrected chi connectivity index (χ3v) is 7.89. The molecule has 1 aliphatic carbocycles. The van der Waals surface area contributed by atoms with Crippen molar-refractivity contribution in [3.63, 3.8) is 0 Å². The van der Waals surface area contributed by atoms with Crippen LogP contribution in [0.3, 0.4) is 0 Å². The standard InChI is InChI=1S/C28H34N2O3/c1-4-7-8-23-22-10-9-19(17-31)15-25(22)30-18-28(27(32)29-11-13-33-14-12-29)16-24(28)20(5-2)21(6-3)26(23)30/h5-6,9-10,15,17,24H,4,7-8,11-14,16,18H2,1-3H3/b20-5+,21-6+. The molecule has 3 aliphatic rings. The average molecular weight is 447 g/mol. The van der Waals surface area contributed by atoms with Gasteiger partial charge in [-0.15, -0.1) is 0 Å². The van der Waals surface area contributed by atoms with Crippen molar-refractivity contribution >= 4 is 28.7 Å². The molecule has 2 unspecified atom stereocenters. The molecular weight excluding hydrogens is 412 g/mol. The predicted molar refractivity (Wildman–Crippen MR) is 131 cm³/mol. The molecule has 174 valence electrons. The van der Waals surface area contributed by atoms with Crippen LogP contribution >= 0.6 is 0 Å². The predicted octanol–water partition coefficient (Wildman–Crippen LogP) is 5.02. The molecule has 1 aromatic carbocycles. The SMILES string of the molecule is C/C=C1\C(=C/C)c2c(CCCC)c3ccc(C=O)cc3n2CC2(C(=O)N3CCOCC3)CC12. The number of hydrogen-bond acceptors (Lipinski definition) is 3. The normalized spacial score (nSPS) is 26.9. The van der Waals surface area contributed by atoms with Gasteiger partial charge in [0.1, 0.15) is 6.29 Å². The molecule has 0 spiro atoms. The summed E-state index contributed by atoms with van der Waals surface area (Å²) in [5.41, 5.74) is 6.51. The van der Waals surface area contributed by atoms with E-state index in [4.69, 9.17) is 4.74 Å². The van der Waals surface area contributed by atoms with Crippen LogP contribution in [0.15, 0.2) is 35.9 Å². The van der Waals surface area contributed by atoms with Crippen molar-refractivity contribution in [1.82, 2.24) is 9.47 Å². The highest BCUT2D eigenvalue weighted by atomic mass is 16.5. The van der Waals surface area contributed by atoms with Crippen LogP contribution in [0.5, 0.6) is 0 Å². The molecule has 5 nitrogen and oxygen atoms in total. The van der Waals surface area contributed by atoms with Crippen molar-refractivity contribution in [3.05, 3.63) is 52.7 Å². The summed E-state index contributed by atoms with van der Waals surface area (Å²) in [4.78, 5) is 27.6. The smallest absolute Gasteiger partial charge is 0.231 e. The molecule has 2 atom stereocenters. The first-order valence-corrected chi connectivity index (χ1v) is 12.4. The molecule has 1 amide bonds. The number of carbonyl (C=O) groups is 2. The highest BCUT2D eigenvalue weighted by molar-refractivity contribution is 5.98. The van der Waals surface area contributed by atoms with Gasteiger partial charge in [-0.1, -0.05) is 37.6 Å². The Bertz CT molecular complexity index is 1170. The number of aromatic nitrogens is 1. The minimum absolute atomic E-state index is 0.243. The summed E-state index contributed by atoms with van der Waals surface area (Å²) in [5, 5.41) is 1.21. The van der Waals surface area contributed by atoms with Crippen LogP contribution in [0.1, 0.15) is 61.6 Å². The number of aldehydes is 1. The molecule has 0 radical (unpaired) electrons.